The summed E-state index contributed by atoms with van der Waals surface area (Å²) >= 11 is 0. The summed E-state index contributed by atoms with van der Waals surface area (Å²) in [5.41, 5.74) is 3.05. The summed E-state index contributed by atoms with van der Waals surface area (Å²) in [6.07, 6.45) is 2.44. The Morgan fingerprint density at radius 2 is 1.88 bits per heavy atom. The molecule has 26 heavy (non-hydrogen) atoms. The molecular weight excluding hydrogens is 330 g/mol. The van der Waals surface area contributed by atoms with Crippen LogP contribution in [0.4, 0.5) is 10.5 Å². The van der Waals surface area contributed by atoms with E-state index in [1.807, 2.05) is 26.0 Å². The van der Waals surface area contributed by atoms with Gasteiger partial charge in [-0.1, -0.05) is 26.0 Å². The lowest BCUT2D eigenvalue weighted by Crippen LogP contribution is -2.45. The van der Waals surface area contributed by atoms with Crippen LogP contribution in [0.25, 0.3) is 0 Å². The van der Waals surface area contributed by atoms with E-state index < -0.39 is 12.0 Å². The summed E-state index contributed by atoms with van der Waals surface area (Å²) in [5.74, 6) is -0.137. The number of rotatable bonds is 5. The number of allylic oxidation sites excluding steroid dienone is 1. The predicted octanol–water partition coefficient (Wildman–Crippen LogP) is 3.11. The van der Waals surface area contributed by atoms with Crippen molar-refractivity contribution in [3.05, 3.63) is 41.1 Å². The molecule has 0 radical (unpaired) electrons. The zero-order valence-corrected chi connectivity index (χ0v) is 15.7. The summed E-state index contributed by atoms with van der Waals surface area (Å²) in [7, 11) is 0. The molecule has 2 heterocycles. The first-order chi connectivity index (χ1) is 12.5. The average molecular weight is 357 g/mol. The third-order valence-electron chi connectivity index (χ3n) is 4.73. The van der Waals surface area contributed by atoms with Crippen LogP contribution in [-0.2, 0) is 9.53 Å². The molecule has 0 aromatic heterocycles. The van der Waals surface area contributed by atoms with Crippen molar-refractivity contribution in [1.82, 2.24) is 10.6 Å². The second kappa shape index (κ2) is 7.81. The van der Waals surface area contributed by atoms with Gasteiger partial charge in [0.2, 0.25) is 0 Å². The number of nitrogens with zero attached hydrogens (tertiary/aromatic N) is 1. The molecule has 0 spiro atoms. The van der Waals surface area contributed by atoms with Gasteiger partial charge in [-0.05, 0) is 43.4 Å². The number of hydrogen-bond donors (Lipinski definition) is 2. The molecule has 1 aromatic rings. The molecule has 2 aliphatic rings. The third-order valence-corrected chi connectivity index (χ3v) is 4.73. The Balaban J connectivity index is 1.84. The second-order valence-corrected chi connectivity index (χ2v) is 7.35. The Hall–Kier alpha value is -2.50. The first kappa shape index (κ1) is 18.3. The molecule has 1 unspecified atom stereocenters. The molecule has 0 saturated carbocycles. The third kappa shape index (κ3) is 4.00. The molecule has 2 amide bonds. The standard InChI is InChI=1S/C20H27N3O3/c1-13(2)12-26-19(24)17-14(3)21-20(25)22-18(17)15-6-8-16(9-7-15)23-10-4-5-11-23/h6-9,13,18H,4-5,10-12H2,1-3H3,(H2,21,22,25). The largest absolute Gasteiger partial charge is 0.462 e. The fourth-order valence-corrected chi connectivity index (χ4v) is 3.39. The Morgan fingerprint density at radius 1 is 1.23 bits per heavy atom. The summed E-state index contributed by atoms with van der Waals surface area (Å²) in [5, 5.41) is 5.52. The van der Waals surface area contributed by atoms with Crippen LogP contribution in [0.1, 0.15) is 45.2 Å². The molecule has 1 saturated heterocycles. The van der Waals surface area contributed by atoms with Gasteiger partial charge in [-0.15, -0.1) is 0 Å². The van der Waals surface area contributed by atoms with Crippen LogP contribution in [0.2, 0.25) is 0 Å². The number of carbonyl (C=O) groups is 2. The maximum atomic E-state index is 12.6. The normalized spacial score (nSPS) is 20.2. The van der Waals surface area contributed by atoms with E-state index in [0.29, 0.717) is 17.9 Å². The van der Waals surface area contributed by atoms with Crippen molar-refractivity contribution in [1.29, 1.82) is 0 Å². The summed E-state index contributed by atoms with van der Waals surface area (Å²) in [6.45, 7) is 8.22. The van der Waals surface area contributed by atoms with E-state index in [1.165, 1.54) is 18.5 Å². The molecule has 3 rings (SSSR count). The summed E-state index contributed by atoms with van der Waals surface area (Å²) in [6, 6.07) is 7.26. The molecule has 1 atom stereocenters. The molecule has 6 heteroatoms. The quantitative estimate of drug-likeness (QED) is 0.795. The van der Waals surface area contributed by atoms with Crippen molar-refractivity contribution < 1.29 is 14.3 Å². The first-order valence-corrected chi connectivity index (χ1v) is 9.26. The fraction of sp³-hybridized carbons (Fsp3) is 0.500. The molecule has 0 aliphatic carbocycles. The fourth-order valence-electron chi connectivity index (χ4n) is 3.39. The lowest BCUT2D eigenvalue weighted by molar-refractivity contribution is -0.140. The van der Waals surface area contributed by atoms with E-state index in [9.17, 15) is 9.59 Å². The molecule has 2 N–H and O–H groups in total. The van der Waals surface area contributed by atoms with Crippen molar-refractivity contribution >= 4 is 17.7 Å². The van der Waals surface area contributed by atoms with Gasteiger partial charge < -0.3 is 20.3 Å². The lowest BCUT2D eigenvalue weighted by atomic mass is 9.95. The highest BCUT2D eigenvalue weighted by Gasteiger charge is 2.32. The molecule has 1 aromatic carbocycles. The first-order valence-electron chi connectivity index (χ1n) is 9.26. The van der Waals surface area contributed by atoms with Crippen molar-refractivity contribution in [2.45, 2.75) is 39.7 Å². The Kier molecular flexibility index (Phi) is 5.49. The highest BCUT2D eigenvalue weighted by Crippen LogP contribution is 2.30. The molecule has 140 valence electrons. The highest BCUT2D eigenvalue weighted by atomic mass is 16.5. The van der Waals surface area contributed by atoms with E-state index >= 15 is 0 Å². The highest BCUT2D eigenvalue weighted by molar-refractivity contribution is 5.95. The lowest BCUT2D eigenvalue weighted by Gasteiger charge is -2.28. The van der Waals surface area contributed by atoms with Gasteiger partial charge in [0, 0.05) is 24.5 Å². The van der Waals surface area contributed by atoms with Crippen LogP contribution in [0.5, 0.6) is 0 Å². The second-order valence-electron chi connectivity index (χ2n) is 7.35. The summed E-state index contributed by atoms with van der Waals surface area (Å²) < 4.78 is 5.41. The topological polar surface area (TPSA) is 70.7 Å². The number of carbonyl (C=O) groups excluding carboxylic acids is 2. The molecular formula is C20H27N3O3. The van der Waals surface area contributed by atoms with Crippen LogP contribution in [0.3, 0.4) is 0 Å². The van der Waals surface area contributed by atoms with Gasteiger partial charge in [0.15, 0.2) is 0 Å². The molecule has 1 fully saturated rings. The van der Waals surface area contributed by atoms with Crippen LogP contribution in [-0.4, -0.2) is 31.7 Å². The minimum absolute atomic E-state index is 0.254. The monoisotopic (exact) mass is 357 g/mol. The number of nitrogens with one attached hydrogen (secondary N) is 2. The molecule has 0 bridgehead atoms. The Morgan fingerprint density at radius 3 is 2.50 bits per heavy atom. The number of benzene rings is 1. The SMILES string of the molecule is CC1=C(C(=O)OCC(C)C)C(c2ccc(N3CCCC3)cc2)NC(=O)N1. The number of anilines is 1. The Bertz CT molecular complexity index is 704. The maximum absolute atomic E-state index is 12.6. The molecule has 6 nitrogen and oxygen atoms in total. The van der Waals surface area contributed by atoms with Crippen LogP contribution in [0.15, 0.2) is 35.5 Å². The minimum Gasteiger partial charge on any atom is -0.462 e. The van der Waals surface area contributed by atoms with Gasteiger partial charge in [0.25, 0.3) is 0 Å². The predicted molar refractivity (Wildman–Crippen MR) is 101 cm³/mol. The Labute approximate surface area is 154 Å². The number of amides is 2. The van der Waals surface area contributed by atoms with Crippen LogP contribution >= 0.6 is 0 Å². The van der Waals surface area contributed by atoms with Crippen molar-refractivity contribution in [2.24, 2.45) is 5.92 Å². The average Bonchev–Trinajstić information content (AvgIpc) is 3.14. The van der Waals surface area contributed by atoms with Crippen molar-refractivity contribution in [3.8, 4) is 0 Å². The van der Waals surface area contributed by atoms with E-state index in [1.54, 1.807) is 6.92 Å². The van der Waals surface area contributed by atoms with E-state index in [0.717, 1.165) is 18.7 Å². The maximum Gasteiger partial charge on any atom is 0.338 e. The van der Waals surface area contributed by atoms with Gasteiger partial charge in [0.05, 0.1) is 18.2 Å². The number of hydrogen-bond acceptors (Lipinski definition) is 4. The smallest absolute Gasteiger partial charge is 0.338 e. The minimum atomic E-state index is -0.504. The van der Waals surface area contributed by atoms with Gasteiger partial charge in [-0.25, -0.2) is 9.59 Å². The summed E-state index contributed by atoms with van der Waals surface area (Å²) in [4.78, 5) is 26.9. The zero-order valence-electron chi connectivity index (χ0n) is 15.7. The van der Waals surface area contributed by atoms with Gasteiger partial charge in [-0.3, -0.25) is 0 Å². The van der Waals surface area contributed by atoms with E-state index in [4.69, 9.17) is 4.74 Å². The number of ether oxygens (including phenoxy) is 1. The van der Waals surface area contributed by atoms with Crippen LogP contribution in [0, 0.1) is 5.92 Å². The molecule has 2 aliphatic heterocycles. The van der Waals surface area contributed by atoms with E-state index in [-0.39, 0.29) is 11.9 Å². The number of urea groups is 1. The van der Waals surface area contributed by atoms with Gasteiger partial charge >= 0.3 is 12.0 Å². The van der Waals surface area contributed by atoms with Crippen molar-refractivity contribution in [2.75, 3.05) is 24.6 Å². The van der Waals surface area contributed by atoms with Gasteiger partial charge in [-0.2, -0.15) is 0 Å². The van der Waals surface area contributed by atoms with Gasteiger partial charge in [0.1, 0.15) is 0 Å². The number of esters is 1. The van der Waals surface area contributed by atoms with Crippen LogP contribution < -0.4 is 15.5 Å². The van der Waals surface area contributed by atoms with E-state index in [2.05, 4.69) is 27.7 Å². The zero-order chi connectivity index (χ0) is 18.7. The van der Waals surface area contributed by atoms with Crippen molar-refractivity contribution in [3.63, 3.8) is 0 Å².